The highest BCUT2D eigenvalue weighted by molar-refractivity contribution is 6.09. The minimum absolute atomic E-state index is 0.816. The van der Waals surface area contributed by atoms with Crippen LogP contribution in [0.2, 0.25) is 0 Å². The molecular weight excluding hydrogens is 232 g/mol. The molecule has 2 aromatic carbocycles. The number of nitrogens with two attached hydrogens (primary N) is 1. The van der Waals surface area contributed by atoms with Crippen molar-refractivity contribution in [3.05, 3.63) is 54.6 Å². The van der Waals surface area contributed by atoms with E-state index in [1.165, 1.54) is 27.4 Å². The Balaban J connectivity index is 2.42. The molecule has 0 bridgehead atoms. The molecule has 0 radical (unpaired) electrons. The van der Waals surface area contributed by atoms with Crippen LogP contribution in [0, 0.1) is 0 Å². The molecule has 3 rings (SSSR count). The lowest BCUT2D eigenvalue weighted by Crippen LogP contribution is -1.93. The molecule has 0 unspecified atom stereocenters. The molecule has 2 nitrogen and oxygen atoms in total. The van der Waals surface area contributed by atoms with Gasteiger partial charge in [0.25, 0.3) is 0 Å². The van der Waals surface area contributed by atoms with Crippen LogP contribution in [0.25, 0.3) is 21.8 Å². The van der Waals surface area contributed by atoms with Crippen molar-refractivity contribution in [1.82, 2.24) is 4.57 Å². The van der Waals surface area contributed by atoms with E-state index in [1.807, 2.05) is 12.1 Å². The molecule has 96 valence electrons. The van der Waals surface area contributed by atoms with Gasteiger partial charge < -0.3 is 10.3 Å². The highest BCUT2D eigenvalue weighted by atomic mass is 15.0. The summed E-state index contributed by atoms with van der Waals surface area (Å²) in [5.41, 5.74) is 10.6. The first-order valence-corrected chi connectivity index (χ1v) is 6.66. The predicted octanol–water partition coefficient (Wildman–Crippen LogP) is 4.13. The molecule has 0 saturated carbocycles. The summed E-state index contributed by atoms with van der Waals surface area (Å²) in [6.45, 7) is 6.95. The zero-order valence-corrected chi connectivity index (χ0v) is 11.2. The second-order valence-electron chi connectivity index (χ2n) is 4.87. The van der Waals surface area contributed by atoms with Gasteiger partial charge in [0.2, 0.25) is 0 Å². The second-order valence-corrected chi connectivity index (χ2v) is 4.87. The van der Waals surface area contributed by atoms with Gasteiger partial charge in [-0.05, 0) is 49.2 Å². The van der Waals surface area contributed by atoms with Gasteiger partial charge in [-0.25, -0.2) is 0 Å². The lowest BCUT2D eigenvalue weighted by Gasteiger charge is -2.03. The summed E-state index contributed by atoms with van der Waals surface area (Å²) in [5.74, 6) is 0. The zero-order chi connectivity index (χ0) is 13.4. The van der Waals surface area contributed by atoms with Crippen LogP contribution in [0.15, 0.2) is 49.1 Å². The van der Waals surface area contributed by atoms with Crippen molar-refractivity contribution in [2.24, 2.45) is 0 Å². The summed E-state index contributed by atoms with van der Waals surface area (Å²) in [4.78, 5) is 0. The Hall–Kier alpha value is -2.22. The lowest BCUT2D eigenvalue weighted by atomic mass is 10.1. The number of hydrogen-bond acceptors (Lipinski definition) is 1. The summed E-state index contributed by atoms with van der Waals surface area (Å²) in [6.07, 6.45) is 2.84. The Kier molecular flexibility index (Phi) is 2.79. The van der Waals surface area contributed by atoms with E-state index in [0.29, 0.717) is 0 Å². The molecule has 3 aromatic rings. The Morgan fingerprint density at radius 1 is 1.11 bits per heavy atom. The molecule has 0 amide bonds. The largest absolute Gasteiger partial charge is 0.399 e. The molecule has 2 heteroatoms. The number of rotatable bonds is 3. The third-order valence-electron chi connectivity index (χ3n) is 3.65. The Morgan fingerprint density at radius 3 is 2.47 bits per heavy atom. The number of aryl methyl sites for hydroxylation is 1. The summed E-state index contributed by atoms with van der Waals surface area (Å²) in [6, 6.07) is 12.8. The Bertz CT molecular complexity index is 766. The van der Waals surface area contributed by atoms with Gasteiger partial charge in [-0.15, -0.1) is 6.58 Å². The van der Waals surface area contributed by atoms with Gasteiger partial charge in [0.1, 0.15) is 0 Å². The van der Waals surface area contributed by atoms with Crippen molar-refractivity contribution in [1.29, 1.82) is 0 Å². The van der Waals surface area contributed by atoms with Gasteiger partial charge in [0.05, 0.1) is 0 Å². The molecule has 19 heavy (non-hydrogen) atoms. The van der Waals surface area contributed by atoms with E-state index in [0.717, 1.165) is 18.7 Å². The number of nitrogens with zero attached hydrogens (tertiary/aromatic N) is 1. The van der Waals surface area contributed by atoms with Crippen molar-refractivity contribution in [3.63, 3.8) is 0 Å². The lowest BCUT2D eigenvalue weighted by molar-refractivity contribution is 0.827. The average molecular weight is 250 g/mol. The van der Waals surface area contributed by atoms with Gasteiger partial charge >= 0.3 is 0 Å². The van der Waals surface area contributed by atoms with Gasteiger partial charge in [-0.2, -0.15) is 0 Å². The number of anilines is 1. The Labute approximate surface area is 113 Å². The first kappa shape index (κ1) is 11.8. The van der Waals surface area contributed by atoms with E-state index in [2.05, 4.69) is 48.4 Å². The molecule has 0 fully saturated rings. The molecule has 0 spiro atoms. The highest BCUT2D eigenvalue weighted by Gasteiger charge is 2.10. The quantitative estimate of drug-likeness (QED) is 0.550. The molecule has 0 aliphatic rings. The van der Waals surface area contributed by atoms with E-state index in [1.54, 1.807) is 0 Å². The molecule has 2 N–H and O–H groups in total. The van der Waals surface area contributed by atoms with Crippen LogP contribution in [0.1, 0.15) is 12.5 Å². The minimum Gasteiger partial charge on any atom is -0.399 e. The number of fused-ring (bicyclic) bond motifs is 3. The van der Waals surface area contributed by atoms with Crippen molar-refractivity contribution >= 4 is 27.5 Å². The van der Waals surface area contributed by atoms with Gasteiger partial charge in [-0.3, -0.25) is 0 Å². The molecule has 0 saturated heterocycles. The summed E-state index contributed by atoms with van der Waals surface area (Å²) in [7, 11) is 0. The normalized spacial score (nSPS) is 11.2. The summed E-state index contributed by atoms with van der Waals surface area (Å²) < 4.78 is 2.34. The van der Waals surface area contributed by atoms with Crippen LogP contribution in [-0.4, -0.2) is 4.57 Å². The third-order valence-corrected chi connectivity index (χ3v) is 3.65. The fourth-order valence-electron chi connectivity index (χ4n) is 2.80. The van der Waals surface area contributed by atoms with Crippen LogP contribution >= 0.6 is 0 Å². The summed E-state index contributed by atoms with van der Waals surface area (Å²) >= 11 is 0. The fraction of sp³-hybridized carbons (Fsp3) is 0.176. The zero-order valence-electron chi connectivity index (χ0n) is 11.2. The Morgan fingerprint density at radius 2 is 1.79 bits per heavy atom. The molecule has 0 aliphatic heterocycles. The molecule has 0 aliphatic carbocycles. The SMILES string of the molecule is C=CCc1ccc2c(c1)c1cc(N)ccc1n2CC. The van der Waals surface area contributed by atoms with Gasteiger partial charge in [0.15, 0.2) is 0 Å². The van der Waals surface area contributed by atoms with Crippen molar-refractivity contribution in [2.45, 2.75) is 19.9 Å². The number of aromatic nitrogens is 1. The minimum atomic E-state index is 0.816. The van der Waals surface area contributed by atoms with E-state index in [4.69, 9.17) is 5.73 Å². The van der Waals surface area contributed by atoms with Crippen LogP contribution in [0.4, 0.5) is 5.69 Å². The first-order chi connectivity index (χ1) is 9.24. The number of benzene rings is 2. The third kappa shape index (κ3) is 1.80. The van der Waals surface area contributed by atoms with Crippen molar-refractivity contribution in [2.75, 3.05) is 5.73 Å². The first-order valence-electron chi connectivity index (χ1n) is 6.66. The number of nitrogen functional groups attached to an aromatic ring is 1. The maximum atomic E-state index is 5.94. The van der Waals surface area contributed by atoms with E-state index in [9.17, 15) is 0 Å². The van der Waals surface area contributed by atoms with E-state index < -0.39 is 0 Å². The number of allylic oxidation sites excluding steroid dienone is 1. The molecular formula is C17H18N2. The van der Waals surface area contributed by atoms with E-state index >= 15 is 0 Å². The highest BCUT2D eigenvalue weighted by Crippen LogP contribution is 2.31. The fourth-order valence-corrected chi connectivity index (χ4v) is 2.80. The van der Waals surface area contributed by atoms with Crippen LogP contribution < -0.4 is 5.73 Å². The van der Waals surface area contributed by atoms with Crippen LogP contribution in [0.5, 0.6) is 0 Å². The molecule has 1 heterocycles. The van der Waals surface area contributed by atoms with Crippen LogP contribution in [-0.2, 0) is 13.0 Å². The smallest absolute Gasteiger partial charge is 0.0492 e. The summed E-state index contributed by atoms with van der Waals surface area (Å²) in [5, 5.41) is 2.52. The number of hydrogen-bond donors (Lipinski definition) is 1. The second kappa shape index (κ2) is 4.47. The topological polar surface area (TPSA) is 30.9 Å². The van der Waals surface area contributed by atoms with Crippen molar-refractivity contribution < 1.29 is 0 Å². The van der Waals surface area contributed by atoms with Gasteiger partial charge in [-0.1, -0.05) is 12.1 Å². The van der Waals surface area contributed by atoms with E-state index in [-0.39, 0.29) is 0 Å². The maximum Gasteiger partial charge on any atom is 0.0492 e. The van der Waals surface area contributed by atoms with Gasteiger partial charge in [0, 0.05) is 34.0 Å². The average Bonchev–Trinajstić information content (AvgIpc) is 2.72. The molecule has 0 atom stereocenters. The predicted molar refractivity (Wildman–Crippen MR) is 83.4 cm³/mol. The monoisotopic (exact) mass is 250 g/mol. The van der Waals surface area contributed by atoms with Crippen LogP contribution in [0.3, 0.4) is 0 Å². The standard InChI is InChI=1S/C17H18N2/c1-3-5-12-6-8-16-14(10-12)15-11-13(18)7-9-17(15)19(16)4-2/h3,6-11H,1,4-5,18H2,2H3. The van der Waals surface area contributed by atoms with Crippen molar-refractivity contribution in [3.8, 4) is 0 Å². The maximum absolute atomic E-state index is 5.94. The molecule has 1 aromatic heterocycles.